The molecule has 35 heavy (non-hydrogen) atoms. The number of amides is 1. The van der Waals surface area contributed by atoms with E-state index in [9.17, 15) is 14.3 Å². The fourth-order valence-corrected chi connectivity index (χ4v) is 5.02. The van der Waals surface area contributed by atoms with Crippen molar-refractivity contribution in [2.45, 2.75) is 44.9 Å². The van der Waals surface area contributed by atoms with E-state index in [1.54, 1.807) is 6.07 Å². The first kappa shape index (κ1) is 23.7. The zero-order chi connectivity index (χ0) is 24.6. The molecule has 0 unspecified atom stereocenters. The van der Waals surface area contributed by atoms with Crippen LogP contribution >= 0.6 is 0 Å². The van der Waals surface area contributed by atoms with Crippen molar-refractivity contribution in [1.82, 2.24) is 10.2 Å². The van der Waals surface area contributed by atoms with Crippen molar-refractivity contribution in [2.24, 2.45) is 0 Å². The Bertz CT molecular complexity index is 1180. The number of rotatable bonds is 6. The summed E-state index contributed by atoms with van der Waals surface area (Å²) in [5.74, 6) is -0.167. The van der Waals surface area contributed by atoms with Crippen LogP contribution in [0.1, 0.15) is 43.4 Å². The van der Waals surface area contributed by atoms with E-state index in [2.05, 4.69) is 39.8 Å². The van der Waals surface area contributed by atoms with Gasteiger partial charge in [-0.05, 0) is 62.1 Å². The molecule has 0 saturated carbocycles. The first-order valence-electron chi connectivity index (χ1n) is 12.3. The Balaban J connectivity index is 1.26. The van der Waals surface area contributed by atoms with E-state index in [0.29, 0.717) is 22.6 Å². The van der Waals surface area contributed by atoms with Crippen LogP contribution < -0.4 is 10.6 Å². The van der Waals surface area contributed by atoms with Gasteiger partial charge in [-0.3, -0.25) is 4.79 Å². The number of likely N-dealkylation sites (tertiary alicyclic amines) is 1. The molecule has 2 aromatic rings. The highest BCUT2D eigenvalue weighted by Gasteiger charge is 2.38. The Morgan fingerprint density at radius 1 is 1.17 bits per heavy atom. The SMILES string of the molecule is CC1(C)OC(=C2C(=O)Nc3cc(F)ccc32)C=C1c1ccc(CNCCN2CCC(O)CC2)cc1. The molecule has 0 bridgehead atoms. The van der Waals surface area contributed by atoms with E-state index < -0.39 is 5.60 Å². The molecular formula is C28H32FN3O3. The molecule has 3 aliphatic rings. The highest BCUT2D eigenvalue weighted by Crippen LogP contribution is 2.44. The van der Waals surface area contributed by atoms with Crippen LogP contribution in [0.2, 0.25) is 0 Å². The number of hydrogen-bond donors (Lipinski definition) is 3. The number of halogens is 1. The summed E-state index contributed by atoms with van der Waals surface area (Å²) in [7, 11) is 0. The third-order valence-electron chi connectivity index (χ3n) is 7.02. The summed E-state index contributed by atoms with van der Waals surface area (Å²) in [5.41, 5.74) is 4.19. The molecule has 0 atom stereocenters. The largest absolute Gasteiger partial charge is 0.482 e. The van der Waals surface area contributed by atoms with Crippen molar-refractivity contribution in [3.8, 4) is 0 Å². The normalized spacial score (nSPS) is 22.1. The Hall–Kier alpha value is -3.00. The Morgan fingerprint density at radius 3 is 2.66 bits per heavy atom. The third-order valence-corrected chi connectivity index (χ3v) is 7.02. The van der Waals surface area contributed by atoms with Gasteiger partial charge in [-0.25, -0.2) is 4.39 Å². The average Bonchev–Trinajstić information content (AvgIpc) is 3.32. The standard InChI is InChI=1S/C28H32FN3O3/c1-28(2)23(16-25(35-28)26-22-8-7-20(29)15-24(22)31-27(26)34)19-5-3-18(4-6-19)17-30-11-14-32-12-9-21(33)10-13-32/h3-8,15-16,21,30,33H,9-14,17H2,1-2H3,(H,31,34). The molecule has 3 aliphatic heterocycles. The molecule has 0 aromatic heterocycles. The van der Waals surface area contributed by atoms with Crippen molar-refractivity contribution in [3.05, 3.63) is 76.8 Å². The number of aliphatic hydroxyl groups is 1. The van der Waals surface area contributed by atoms with Gasteiger partial charge in [0.05, 0.1) is 17.4 Å². The maximum Gasteiger partial charge on any atom is 0.260 e. The summed E-state index contributed by atoms with van der Waals surface area (Å²) in [6, 6.07) is 12.7. The van der Waals surface area contributed by atoms with Gasteiger partial charge >= 0.3 is 0 Å². The van der Waals surface area contributed by atoms with Crippen LogP contribution in [0.3, 0.4) is 0 Å². The van der Waals surface area contributed by atoms with Crippen LogP contribution in [-0.4, -0.2) is 53.8 Å². The Labute approximate surface area is 205 Å². The maximum atomic E-state index is 13.6. The number of ether oxygens (including phenoxy) is 1. The minimum absolute atomic E-state index is 0.133. The number of anilines is 1. The second-order valence-electron chi connectivity index (χ2n) is 10.0. The molecule has 0 radical (unpaired) electrons. The second kappa shape index (κ2) is 9.57. The topological polar surface area (TPSA) is 73.8 Å². The zero-order valence-electron chi connectivity index (χ0n) is 20.2. The van der Waals surface area contributed by atoms with E-state index in [1.807, 2.05) is 19.9 Å². The van der Waals surface area contributed by atoms with Gasteiger partial charge in [0.15, 0.2) is 0 Å². The minimum Gasteiger partial charge on any atom is -0.482 e. The van der Waals surface area contributed by atoms with Gasteiger partial charge in [-0.2, -0.15) is 0 Å². The smallest absolute Gasteiger partial charge is 0.260 e. The van der Waals surface area contributed by atoms with E-state index in [0.717, 1.165) is 56.7 Å². The van der Waals surface area contributed by atoms with Gasteiger partial charge in [-0.15, -0.1) is 0 Å². The molecule has 6 nitrogen and oxygen atoms in total. The lowest BCUT2D eigenvalue weighted by Gasteiger charge is -2.29. The number of aliphatic hydroxyl groups excluding tert-OH is 1. The lowest BCUT2D eigenvalue weighted by atomic mass is 9.91. The first-order valence-corrected chi connectivity index (χ1v) is 12.3. The van der Waals surface area contributed by atoms with Gasteiger partial charge in [0.1, 0.15) is 17.2 Å². The molecule has 184 valence electrons. The maximum absolute atomic E-state index is 13.6. The van der Waals surface area contributed by atoms with E-state index in [4.69, 9.17) is 4.74 Å². The summed E-state index contributed by atoms with van der Waals surface area (Å²) in [6.45, 7) is 8.59. The van der Waals surface area contributed by atoms with Crippen molar-refractivity contribution in [2.75, 3.05) is 31.5 Å². The molecule has 1 amide bonds. The molecule has 7 heteroatoms. The molecule has 3 heterocycles. The summed E-state index contributed by atoms with van der Waals surface area (Å²) in [5, 5.41) is 15.9. The molecular weight excluding hydrogens is 445 g/mol. The highest BCUT2D eigenvalue weighted by molar-refractivity contribution is 6.32. The van der Waals surface area contributed by atoms with E-state index in [-0.39, 0.29) is 17.8 Å². The van der Waals surface area contributed by atoms with Gasteiger partial charge < -0.3 is 25.4 Å². The molecule has 0 aliphatic carbocycles. The third kappa shape index (κ3) is 5.03. The lowest BCUT2D eigenvalue weighted by Crippen LogP contribution is -2.39. The second-order valence-corrected chi connectivity index (χ2v) is 10.0. The number of fused-ring (bicyclic) bond motifs is 1. The van der Waals surface area contributed by atoms with Crippen molar-refractivity contribution < 1.29 is 19.0 Å². The summed E-state index contributed by atoms with van der Waals surface area (Å²) in [6.07, 6.45) is 3.53. The van der Waals surface area contributed by atoms with Crippen LogP contribution in [0.4, 0.5) is 10.1 Å². The number of benzene rings is 2. The van der Waals surface area contributed by atoms with Crippen LogP contribution in [-0.2, 0) is 16.1 Å². The lowest BCUT2D eigenvalue weighted by molar-refractivity contribution is -0.111. The number of carbonyl (C=O) groups is 1. The van der Waals surface area contributed by atoms with Crippen LogP contribution in [0.25, 0.3) is 11.1 Å². The van der Waals surface area contributed by atoms with Gasteiger partial charge in [-0.1, -0.05) is 24.3 Å². The molecule has 0 spiro atoms. The predicted octanol–water partition coefficient (Wildman–Crippen LogP) is 3.93. The van der Waals surface area contributed by atoms with E-state index >= 15 is 0 Å². The number of nitrogens with one attached hydrogen (secondary N) is 2. The molecule has 2 aromatic carbocycles. The Kier molecular flexibility index (Phi) is 6.49. The molecule has 5 rings (SSSR count). The molecule has 1 saturated heterocycles. The summed E-state index contributed by atoms with van der Waals surface area (Å²) < 4.78 is 19.8. The number of hydrogen-bond acceptors (Lipinski definition) is 5. The fraction of sp³-hybridized carbons (Fsp3) is 0.393. The monoisotopic (exact) mass is 477 g/mol. The van der Waals surface area contributed by atoms with E-state index in [1.165, 1.54) is 17.7 Å². The quantitative estimate of drug-likeness (QED) is 0.434. The Morgan fingerprint density at radius 2 is 1.91 bits per heavy atom. The molecule has 3 N–H and O–H groups in total. The highest BCUT2D eigenvalue weighted by atomic mass is 19.1. The van der Waals surface area contributed by atoms with Crippen molar-refractivity contribution in [1.29, 1.82) is 0 Å². The number of piperidine rings is 1. The molecule has 1 fully saturated rings. The van der Waals surface area contributed by atoms with Crippen LogP contribution in [0.15, 0.2) is 54.3 Å². The van der Waals surface area contributed by atoms with Gasteiger partial charge in [0, 0.05) is 43.9 Å². The predicted molar refractivity (Wildman–Crippen MR) is 135 cm³/mol. The first-order chi connectivity index (χ1) is 16.8. The summed E-state index contributed by atoms with van der Waals surface area (Å²) >= 11 is 0. The number of allylic oxidation sites excluding steroid dienone is 1. The number of carbonyl (C=O) groups excluding carboxylic acids is 1. The summed E-state index contributed by atoms with van der Waals surface area (Å²) in [4.78, 5) is 15.0. The zero-order valence-corrected chi connectivity index (χ0v) is 20.2. The average molecular weight is 478 g/mol. The van der Waals surface area contributed by atoms with Crippen molar-refractivity contribution in [3.63, 3.8) is 0 Å². The van der Waals surface area contributed by atoms with Crippen molar-refractivity contribution >= 4 is 22.7 Å². The van der Waals surface area contributed by atoms with Crippen LogP contribution in [0.5, 0.6) is 0 Å². The van der Waals surface area contributed by atoms with Gasteiger partial charge in [0.25, 0.3) is 5.91 Å². The fourth-order valence-electron chi connectivity index (χ4n) is 5.02. The van der Waals surface area contributed by atoms with Crippen LogP contribution in [0, 0.1) is 5.82 Å². The van der Waals surface area contributed by atoms with Gasteiger partial charge in [0.2, 0.25) is 0 Å². The minimum atomic E-state index is -0.604. The number of nitrogens with zero attached hydrogens (tertiary/aromatic N) is 1.